The molecular weight excluding hydrogens is 301 g/mol. The number of benzene rings is 1. The third-order valence-electron chi connectivity index (χ3n) is 2.10. The van der Waals surface area contributed by atoms with E-state index in [1.165, 1.54) is 18.2 Å². The largest absolute Gasteiger partial charge is 0.417 e. The number of hydrogen-bond acceptors (Lipinski definition) is 3. The highest BCUT2D eigenvalue weighted by Crippen LogP contribution is 2.38. The van der Waals surface area contributed by atoms with Crippen molar-refractivity contribution in [1.29, 1.82) is 0 Å². The Balaban J connectivity index is 2.61. The van der Waals surface area contributed by atoms with Crippen molar-refractivity contribution in [1.82, 2.24) is 5.16 Å². The van der Waals surface area contributed by atoms with Crippen molar-refractivity contribution in [2.75, 3.05) is 5.73 Å². The quantitative estimate of drug-likeness (QED) is 0.817. The third kappa shape index (κ3) is 2.44. The lowest BCUT2D eigenvalue weighted by atomic mass is 10.0. The van der Waals surface area contributed by atoms with Gasteiger partial charge in [-0.3, -0.25) is 0 Å². The van der Waals surface area contributed by atoms with Crippen molar-refractivity contribution in [2.45, 2.75) is 6.18 Å². The van der Waals surface area contributed by atoms with Gasteiger partial charge in [0.25, 0.3) is 0 Å². The standard InChI is InChI=1S/C10H6BrF3N2O/c11-9-4-8(17-16-9)6-2-1-5(15)3-7(6)10(12,13)14/h1-4H,15H2. The lowest BCUT2D eigenvalue weighted by Gasteiger charge is -2.11. The van der Waals surface area contributed by atoms with Gasteiger partial charge in [0.1, 0.15) is 4.60 Å². The Kier molecular flexibility index (Phi) is 2.86. The Bertz CT molecular complexity index is 551. The zero-order valence-corrected chi connectivity index (χ0v) is 9.84. The fourth-order valence-electron chi connectivity index (χ4n) is 1.39. The molecule has 0 radical (unpaired) electrons. The molecule has 2 aromatic rings. The number of aromatic nitrogens is 1. The van der Waals surface area contributed by atoms with Crippen LogP contribution in [0, 0.1) is 0 Å². The molecule has 0 unspecified atom stereocenters. The number of alkyl halides is 3. The van der Waals surface area contributed by atoms with E-state index in [2.05, 4.69) is 21.1 Å². The minimum atomic E-state index is -4.50. The summed E-state index contributed by atoms with van der Waals surface area (Å²) >= 11 is 3.01. The van der Waals surface area contributed by atoms with Crippen LogP contribution in [0.5, 0.6) is 0 Å². The maximum absolute atomic E-state index is 12.8. The number of halogens is 4. The molecule has 0 saturated carbocycles. The van der Waals surface area contributed by atoms with Crippen molar-refractivity contribution >= 4 is 21.6 Å². The van der Waals surface area contributed by atoms with Crippen LogP contribution in [0.2, 0.25) is 0 Å². The molecular formula is C10H6BrF3N2O. The molecule has 0 aliphatic heterocycles. The summed E-state index contributed by atoms with van der Waals surface area (Å²) in [5.41, 5.74) is 4.45. The number of nitrogens with zero attached hydrogens (tertiary/aromatic N) is 1. The first-order valence-electron chi connectivity index (χ1n) is 4.47. The topological polar surface area (TPSA) is 52.0 Å². The summed E-state index contributed by atoms with van der Waals surface area (Å²) in [4.78, 5) is 0. The molecule has 0 amide bonds. The Hall–Kier alpha value is -1.50. The molecule has 3 nitrogen and oxygen atoms in total. The molecule has 17 heavy (non-hydrogen) atoms. The summed E-state index contributed by atoms with van der Waals surface area (Å²) in [7, 11) is 0. The highest BCUT2D eigenvalue weighted by molar-refractivity contribution is 9.10. The van der Waals surface area contributed by atoms with Crippen LogP contribution in [0.15, 0.2) is 33.4 Å². The molecule has 1 heterocycles. The van der Waals surface area contributed by atoms with Crippen LogP contribution in [0.4, 0.5) is 18.9 Å². The molecule has 1 aromatic carbocycles. The Labute approximate surface area is 103 Å². The van der Waals surface area contributed by atoms with Gasteiger partial charge in [-0.25, -0.2) is 0 Å². The first kappa shape index (κ1) is 12.0. The molecule has 0 spiro atoms. The summed E-state index contributed by atoms with van der Waals surface area (Å²) in [5.74, 6) is 0.0317. The maximum Gasteiger partial charge on any atom is 0.417 e. The Morgan fingerprint density at radius 2 is 1.94 bits per heavy atom. The third-order valence-corrected chi connectivity index (χ3v) is 2.47. The Morgan fingerprint density at radius 3 is 2.47 bits per heavy atom. The molecule has 2 rings (SSSR count). The monoisotopic (exact) mass is 306 g/mol. The second-order valence-electron chi connectivity index (χ2n) is 3.32. The summed E-state index contributed by atoms with van der Waals surface area (Å²) in [6.07, 6.45) is -4.50. The van der Waals surface area contributed by atoms with E-state index in [4.69, 9.17) is 10.3 Å². The highest BCUT2D eigenvalue weighted by Gasteiger charge is 2.34. The van der Waals surface area contributed by atoms with Crippen molar-refractivity contribution < 1.29 is 17.7 Å². The van der Waals surface area contributed by atoms with Crippen LogP contribution in [0.25, 0.3) is 11.3 Å². The van der Waals surface area contributed by atoms with Gasteiger partial charge in [0.05, 0.1) is 5.56 Å². The van der Waals surface area contributed by atoms with Crippen molar-refractivity contribution in [3.05, 3.63) is 34.4 Å². The molecule has 0 aliphatic rings. The second kappa shape index (κ2) is 4.06. The summed E-state index contributed by atoms with van der Waals surface area (Å²) in [5, 5.41) is 3.48. The number of nitrogen functional groups attached to an aromatic ring is 1. The summed E-state index contributed by atoms with van der Waals surface area (Å²) in [6, 6.07) is 4.86. The van der Waals surface area contributed by atoms with Gasteiger partial charge in [-0.05, 0) is 34.1 Å². The molecule has 0 aliphatic carbocycles. The van der Waals surface area contributed by atoms with Crippen molar-refractivity contribution in [3.8, 4) is 11.3 Å². The SMILES string of the molecule is Nc1ccc(-c2cc(Br)no2)c(C(F)(F)F)c1. The number of nitrogens with two attached hydrogens (primary N) is 1. The van der Waals surface area contributed by atoms with Crippen LogP contribution < -0.4 is 5.73 Å². The average Bonchev–Trinajstić information content (AvgIpc) is 2.63. The molecule has 1 aromatic heterocycles. The van der Waals surface area contributed by atoms with Gasteiger partial charge in [0.15, 0.2) is 5.76 Å². The lowest BCUT2D eigenvalue weighted by molar-refractivity contribution is -0.137. The van der Waals surface area contributed by atoms with E-state index in [1.54, 1.807) is 0 Å². The van der Waals surface area contributed by atoms with E-state index in [9.17, 15) is 13.2 Å². The maximum atomic E-state index is 12.8. The van der Waals surface area contributed by atoms with Gasteiger partial charge < -0.3 is 10.3 Å². The van der Waals surface area contributed by atoms with E-state index in [-0.39, 0.29) is 17.0 Å². The van der Waals surface area contributed by atoms with E-state index in [0.717, 1.165) is 6.07 Å². The molecule has 7 heteroatoms. The molecule has 0 fully saturated rings. The van der Waals surface area contributed by atoms with E-state index in [0.29, 0.717) is 4.60 Å². The minimum Gasteiger partial charge on any atom is -0.399 e. The molecule has 0 saturated heterocycles. The first-order valence-corrected chi connectivity index (χ1v) is 5.26. The smallest absolute Gasteiger partial charge is 0.399 e. The summed E-state index contributed by atoms with van der Waals surface area (Å²) in [6.45, 7) is 0. The second-order valence-corrected chi connectivity index (χ2v) is 4.13. The van der Waals surface area contributed by atoms with E-state index < -0.39 is 11.7 Å². The zero-order valence-electron chi connectivity index (χ0n) is 8.25. The van der Waals surface area contributed by atoms with Gasteiger partial charge in [-0.2, -0.15) is 13.2 Å². The van der Waals surface area contributed by atoms with Crippen LogP contribution in [-0.2, 0) is 6.18 Å². The highest BCUT2D eigenvalue weighted by atomic mass is 79.9. The fourth-order valence-corrected chi connectivity index (χ4v) is 1.67. The van der Waals surface area contributed by atoms with Gasteiger partial charge in [0, 0.05) is 17.3 Å². The summed E-state index contributed by atoms with van der Waals surface area (Å²) < 4.78 is 43.5. The molecule has 2 N–H and O–H groups in total. The van der Waals surface area contributed by atoms with Crippen molar-refractivity contribution in [3.63, 3.8) is 0 Å². The van der Waals surface area contributed by atoms with Crippen LogP contribution in [0.1, 0.15) is 5.56 Å². The predicted octanol–water partition coefficient (Wildman–Crippen LogP) is 3.71. The van der Waals surface area contributed by atoms with Crippen LogP contribution in [-0.4, -0.2) is 5.16 Å². The van der Waals surface area contributed by atoms with Crippen molar-refractivity contribution in [2.24, 2.45) is 0 Å². The molecule has 0 bridgehead atoms. The van der Waals surface area contributed by atoms with Gasteiger partial charge in [-0.1, -0.05) is 5.16 Å². The van der Waals surface area contributed by atoms with E-state index >= 15 is 0 Å². The normalized spacial score (nSPS) is 11.8. The predicted molar refractivity (Wildman–Crippen MR) is 59.1 cm³/mol. The number of hydrogen-bond donors (Lipinski definition) is 1. The van der Waals surface area contributed by atoms with Gasteiger partial charge in [-0.15, -0.1) is 0 Å². The van der Waals surface area contributed by atoms with Gasteiger partial charge >= 0.3 is 6.18 Å². The lowest BCUT2D eigenvalue weighted by Crippen LogP contribution is -2.07. The number of anilines is 1. The average molecular weight is 307 g/mol. The fraction of sp³-hybridized carbons (Fsp3) is 0.100. The Morgan fingerprint density at radius 1 is 1.24 bits per heavy atom. The molecule has 0 atom stereocenters. The first-order chi connectivity index (χ1) is 7.88. The number of rotatable bonds is 1. The van der Waals surface area contributed by atoms with Crippen LogP contribution in [0.3, 0.4) is 0 Å². The van der Waals surface area contributed by atoms with Gasteiger partial charge in [0.2, 0.25) is 0 Å². The minimum absolute atomic E-state index is 0.0317. The zero-order chi connectivity index (χ0) is 12.6. The molecule has 90 valence electrons. The van der Waals surface area contributed by atoms with E-state index in [1.807, 2.05) is 0 Å². The van der Waals surface area contributed by atoms with Crippen LogP contribution >= 0.6 is 15.9 Å².